The normalized spacial score (nSPS) is 10.1. The minimum absolute atomic E-state index is 0.00905. The van der Waals surface area contributed by atoms with Gasteiger partial charge in [-0.3, -0.25) is 4.98 Å². The Hall–Kier alpha value is -2.14. The summed E-state index contributed by atoms with van der Waals surface area (Å²) in [6.45, 7) is 1.91. The third-order valence-electron chi connectivity index (χ3n) is 2.23. The molecule has 6 heteroatoms. The van der Waals surface area contributed by atoms with Crippen molar-refractivity contribution < 1.29 is 9.90 Å². The SMILES string of the molecule is Cc1cncc(Nc2cc(C(=O)O)c(Cl)cn2)c1. The molecule has 2 rings (SSSR count). The molecule has 0 aromatic carbocycles. The first-order valence-electron chi connectivity index (χ1n) is 5.14. The molecule has 0 unspecified atom stereocenters. The quantitative estimate of drug-likeness (QED) is 0.891. The van der Waals surface area contributed by atoms with Gasteiger partial charge in [0.2, 0.25) is 0 Å². The van der Waals surface area contributed by atoms with Gasteiger partial charge in [-0.1, -0.05) is 11.6 Å². The molecule has 2 aromatic rings. The van der Waals surface area contributed by atoms with Crippen molar-refractivity contribution in [1.82, 2.24) is 9.97 Å². The van der Waals surface area contributed by atoms with E-state index in [9.17, 15) is 4.79 Å². The molecule has 0 radical (unpaired) electrons. The zero-order valence-electron chi connectivity index (χ0n) is 9.51. The van der Waals surface area contributed by atoms with E-state index in [0.29, 0.717) is 5.82 Å². The van der Waals surface area contributed by atoms with Crippen molar-refractivity contribution in [2.75, 3.05) is 5.32 Å². The zero-order chi connectivity index (χ0) is 13.1. The average molecular weight is 264 g/mol. The fourth-order valence-corrected chi connectivity index (χ4v) is 1.63. The van der Waals surface area contributed by atoms with E-state index in [0.717, 1.165) is 11.3 Å². The predicted octanol–water partition coefficient (Wildman–Crippen LogP) is 2.88. The number of pyridine rings is 2. The van der Waals surface area contributed by atoms with Crippen LogP contribution in [0.15, 0.2) is 30.7 Å². The maximum atomic E-state index is 10.9. The van der Waals surface area contributed by atoms with E-state index >= 15 is 0 Å². The lowest BCUT2D eigenvalue weighted by atomic mass is 10.2. The van der Waals surface area contributed by atoms with E-state index in [4.69, 9.17) is 16.7 Å². The number of aryl methyl sites for hydroxylation is 1. The molecule has 0 aliphatic rings. The lowest BCUT2D eigenvalue weighted by Crippen LogP contribution is -2.01. The summed E-state index contributed by atoms with van der Waals surface area (Å²) in [4.78, 5) is 19.0. The number of carbonyl (C=O) groups is 1. The zero-order valence-corrected chi connectivity index (χ0v) is 10.3. The van der Waals surface area contributed by atoms with Crippen LogP contribution in [0.4, 0.5) is 11.5 Å². The molecule has 0 fully saturated rings. The fraction of sp³-hybridized carbons (Fsp3) is 0.0833. The number of aromatic carboxylic acids is 1. The molecule has 0 aliphatic carbocycles. The monoisotopic (exact) mass is 263 g/mol. The van der Waals surface area contributed by atoms with Gasteiger partial charge in [-0.15, -0.1) is 0 Å². The number of nitrogens with zero attached hydrogens (tertiary/aromatic N) is 2. The van der Waals surface area contributed by atoms with E-state index in [-0.39, 0.29) is 10.6 Å². The molecule has 5 nitrogen and oxygen atoms in total. The van der Waals surface area contributed by atoms with Gasteiger partial charge in [-0.05, 0) is 24.6 Å². The summed E-state index contributed by atoms with van der Waals surface area (Å²) in [6.07, 6.45) is 4.66. The highest BCUT2D eigenvalue weighted by atomic mass is 35.5. The van der Waals surface area contributed by atoms with Gasteiger partial charge in [0.05, 0.1) is 22.5 Å². The van der Waals surface area contributed by atoms with Gasteiger partial charge < -0.3 is 10.4 Å². The van der Waals surface area contributed by atoms with Gasteiger partial charge in [0.25, 0.3) is 0 Å². The van der Waals surface area contributed by atoms with Crippen molar-refractivity contribution in [2.24, 2.45) is 0 Å². The highest BCUT2D eigenvalue weighted by Crippen LogP contribution is 2.20. The Morgan fingerprint density at radius 3 is 2.78 bits per heavy atom. The van der Waals surface area contributed by atoms with Crippen LogP contribution < -0.4 is 5.32 Å². The molecule has 0 atom stereocenters. The maximum Gasteiger partial charge on any atom is 0.337 e. The summed E-state index contributed by atoms with van der Waals surface area (Å²) in [5.74, 6) is -0.683. The summed E-state index contributed by atoms with van der Waals surface area (Å²) < 4.78 is 0. The molecule has 0 aliphatic heterocycles. The Balaban J connectivity index is 2.30. The topological polar surface area (TPSA) is 75.1 Å². The molecule has 0 spiro atoms. The minimum atomic E-state index is -1.09. The Kier molecular flexibility index (Phi) is 3.43. The van der Waals surface area contributed by atoms with Gasteiger partial charge in [0.1, 0.15) is 5.82 Å². The minimum Gasteiger partial charge on any atom is -0.478 e. The van der Waals surface area contributed by atoms with Crippen LogP contribution in [0.2, 0.25) is 5.02 Å². The number of nitrogens with one attached hydrogen (secondary N) is 1. The molecule has 0 saturated carbocycles. The van der Waals surface area contributed by atoms with Gasteiger partial charge in [0.15, 0.2) is 0 Å². The van der Waals surface area contributed by atoms with Gasteiger partial charge in [-0.25, -0.2) is 9.78 Å². The first kappa shape index (κ1) is 12.3. The largest absolute Gasteiger partial charge is 0.478 e. The van der Waals surface area contributed by atoms with Crippen LogP contribution >= 0.6 is 11.6 Å². The van der Waals surface area contributed by atoms with Gasteiger partial charge >= 0.3 is 5.97 Å². The number of carboxylic acids is 1. The van der Waals surface area contributed by atoms with E-state index in [1.54, 1.807) is 12.4 Å². The number of hydrogen-bond acceptors (Lipinski definition) is 4. The number of anilines is 2. The number of aromatic nitrogens is 2. The Morgan fingerprint density at radius 2 is 2.11 bits per heavy atom. The molecular formula is C12H10ClN3O2. The Bertz CT molecular complexity index is 602. The lowest BCUT2D eigenvalue weighted by Gasteiger charge is -2.07. The van der Waals surface area contributed by atoms with Crippen LogP contribution in [0.5, 0.6) is 0 Å². The number of carboxylic acid groups (broad SMARTS) is 1. The Morgan fingerprint density at radius 1 is 1.33 bits per heavy atom. The summed E-state index contributed by atoms with van der Waals surface area (Å²) in [5, 5.41) is 12.0. The van der Waals surface area contributed by atoms with Crippen LogP contribution in [-0.4, -0.2) is 21.0 Å². The fourth-order valence-electron chi connectivity index (χ4n) is 1.44. The second kappa shape index (κ2) is 5.01. The van der Waals surface area contributed by atoms with Crippen LogP contribution in [-0.2, 0) is 0 Å². The van der Waals surface area contributed by atoms with Crippen LogP contribution in [0.1, 0.15) is 15.9 Å². The first-order chi connectivity index (χ1) is 8.56. The molecular weight excluding hydrogens is 254 g/mol. The molecule has 0 saturated heterocycles. The molecule has 18 heavy (non-hydrogen) atoms. The van der Waals surface area contributed by atoms with Crippen molar-refractivity contribution >= 4 is 29.1 Å². The summed E-state index contributed by atoms with van der Waals surface area (Å²) in [6, 6.07) is 3.26. The van der Waals surface area contributed by atoms with Crippen LogP contribution in [0.3, 0.4) is 0 Å². The van der Waals surface area contributed by atoms with Gasteiger partial charge in [-0.2, -0.15) is 0 Å². The van der Waals surface area contributed by atoms with Crippen molar-refractivity contribution in [3.8, 4) is 0 Å². The summed E-state index contributed by atoms with van der Waals surface area (Å²) >= 11 is 5.74. The highest BCUT2D eigenvalue weighted by Gasteiger charge is 2.10. The van der Waals surface area contributed by atoms with Crippen molar-refractivity contribution in [1.29, 1.82) is 0 Å². The maximum absolute atomic E-state index is 10.9. The van der Waals surface area contributed by atoms with Crippen LogP contribution in [0.25, 0.3) is 0 Å². The molecule has 0 amide bonds. The van der Waals surface area contributed by atoms with E-state index in [2.05, 4.69) is 15.3 Å². The standard InChI is InChI=1S/C12H10ClN3O2/c1-7-2-8(5-14-4-7)16-11-3-9(12(17)18)10(13)6-15-11/h2-6H,1H3,(H,15,16)(H,17,18). The molecule has 2 aromatic heterocycles. The van der Waals surface area contributed by atoms with Crippen LogP contribution in [0, 0.1) is 6.92 Å². The summed E-state index contributed by atoms with van der Waals surface area (Å²) in [7, 11) is 0. The number of hydrogen-bond donors (Lipinski definition) is 2. The predicted molar refractivity (Wildman–Crippen MR) is 68.5 cm³/mol. The average Bonchev–Trinajstić information content (AvgIpc) is 2.31. The van der Waals surface area contributed by atoms with E-state index in [1.807, 2.05) is 13.0 Å². The molecule has 0 bridgehead atoms. The second-order valence-corrected chi connectivity index (χ2v) is 4.14. The lowest BCUT2D eigenvalue weighted by molar-refractivity contribution is 0.0697. The number of halogens is 1. The molecule has 2 heterocycles. The van der Waals surface area contributed by atoms with E-state index < -0.39 is 5.97 Å². The third-order valence-corrected chi connectivity index (χ3v) is 2.53. The third kappa shape index (κ3) is 2.75. The van der Waals surface area contributed by atoms with Crippen molar-refractivity contribution in [3.05, 3.63) is 46.9 Å². The Labute approximate surface area is 108 Å². The molecule has 2 N–H and O–H groups in total. The highest BCUT2D eigenvalue weighted by molar-refractivity contribution is 6.33. The number of rotatable bonds is 3. The molecule has 92 valence electrons. The van der Waals surface area contributed by atoms with E-state index in [1.165, 1.54) is 12.3 Å². The van der Waals surface area contributed by atoms with Crippen molar-refractivity contribution in [2.45, 2.75) is 6.92 Å². The first-order valence-corrected chi connectivity index (χ1v) is 5.51. The van der Waals surface area contributed by atoms with Crippen molar-refractivity contribution in [3.63, 3.8) is 0 Å². The van der Waals surface area contributed by atoms with Gasteiger partial charge in [0, 0.05) is 12.4 Å². The second-order valence-electron chi connectivity index (χ2n) is 3.73. The summed E-state index contributed by atoms with van der Waals surface area (Å²) in [5.41, 5.74) is 1.74. The smallest absolute Gasteiger partial charge is 0.337 e.